The molecular formula is C12H23N7O2. The number of hydrazine groups is 1. The fourth-order valence-electron chi connectivity index (χ4n) is 2.03. The van der Waals surface area contributed by atoms with Crippen molar-refractivity contribution in [3.05, 3.63) is 0 Å². The average Bonchev–Trinajstić information content (AvgIpc) is 2.54. The predicted molar refractivity (Wildman–Crippen MR) is 80.4 cm³/mol. The molecule has 1 unspecified atom stereocenters. The van der Waals surface area contributed by atoms with Crippen molar-refractivity contribution in [3.8, 4) is 0 Å². The molecule has 2 heterocycles. The van der Waals surface area contributed by atoms with Gasteiger partial charge in [0.05, 0.1) is 25.9 Å². The fraction of sp³-hybridized carbons (Fsp3) is 0.750. The van der Waals surface area contributed by atoms with Crippen molar-refractivity contribution < 1.29 is 9.47 Å². The Morgan fingerprint density at radius 1 is 1.38 bits per heavy atom. The lowest BCUT2D eigenvalue weighted by Gasteiger charge is -2.29. The van der Waals surface area contributed by atoms with Gasteiger partial charge in [0.1, 0.15) is 0 Å². The fourth-order valence-corrected chi connectivity index (χ4v) is 2.03. The molecule has 118 valence electrons. The molecule has 0 radical (unpaired) electrons. The molecule has 0 aliphatic carbocycles. The van der Waals surface area contributed by atoms with Gasteiger partial charge in [-0.25, -0.2) is 5.84 Å². The van der Waals surface area contributed by atoms with E-state index in [0.717, 1.165) is 13.1 Å². The Hall–Kier alpha value is -1.71. The minimum atomic E-state index is 0.139. The van der Waals surface area contributed by atoms with Crippen LogP contribution in [0.15, 0.2) is 0 Å². The number of nitrogen functional groups attached to an aromatic ring is 1. The van der Waals surface area contributed by atoms with Crippen LogP contribution in [0.25, 0.3) is 0 Å². The van der Waals surface area contributed by atoms with Crippen LogP contribution in [-0.2, 0) is 9.47 Å². The van der Waals surface area contributed by atoms with Gasteiger partial charge in [-0.15, -0.1) is 0 Å². The summed E-state index contributed by atoms with van der Waals surface area (Å²) in [5.74, 6) is 6.97. The van der Waals surface area contributed by atoms with E-state index in [1.54, 1.807) is 7.11 Å². The summed E-state index contributed by atoms with van der Waals surface area (Å²) in [6.45, 7) is 5.47. The molecule has 2 rings (SSSR count). The number of hydrogen-bond donors (Lipinski definition) is 2. The van der Waals surface area contributed by atoms with Gasteiger partial charge in [-0.3, -0.25) is 5.43 Å². The molecule has 0 aromatic carbocycles. The maximum atomic E-state index is 5.46. The monoisotopic (exact) mass is 297 g/mol. The Bertz CT molecular complexity index is 453. The first-order chi connectivity index (χ1) is 10.2. The second-order valence-electron chi connectivity index (χ2n) is 4.92. The van der Waals surface area contributed by atoms with Gasteiger partial charge in [-0.2, -0.15) is 15.0 Å². The highest BCUT2D eigenvalue weighted by Gasteiger charge is 2.19. The SMILES string of the molecule is COCC(C)N(C)c1nc(NN)nc(N2CCOCC2)n1. The Labute approximate surface area is 124 Å². The van der Waals surface area contributed by atoms with Crippen molar-refractivity contribution in [3.63, 3.8) is 0 Å². The quantitative estimate of drug-likeness (QED) is 0.529. The van der Waals surface area contributed by atoms with Crippen LogP contribution in [0.5, 0.6) is 0 Å². The second-order valence-corrected chi connectivity index (χ2v) is 4.92. The maximum Gasteiger partial charge on any atom is 0.243 e. The number of aromatic nitrogens is 3. The van der Waals surface area contributed by atoms with E-state index in [-0.39, 0.29) is 6.04 Å². The molecule has 1 aromatic heterocycles. The van der Waals surface area contributed by atoms with E-state index in [0.29, 0.717) is 37.7 Å². The number of nitrogens with zero attached hydrogens (tertiary/aromatic N) is 5. The number of likely N-dealkylation sites (N-methyl/N-ethyl adjacent to an activating group) is 1. The topological polar surface area (TPSA) is 102 Å². The average molecular weight is 297 g/mol. The Kier molecular flexibility index (Phi) is 5.48. The van der Waals surface area contributed by atoms with Gasteiger partial charge >= 0.3 is 0 Å². The molecule has 1 aliphatic heterocycles. The number of nitrogens with one attached hydrogen (secondary N) is 1. The van der Waals surface area contributed by atoms with Crippen LogP contribution in [0.2, 0.25) is 0 Å². The molecule has 1 atom stereocenters. The third kappa shape index (κ3) is 3.90. The Balaban J connectivity index is 2.24. The Morgan fingerprint density at radius 3 is 2.71 bits per heavy atom. The number of ether oxygens (including phenoxy) is 2. The van der Waals surface area contributed by atoms with Crippen molar-refractivity contribution >= 4 is 17.8 Å². The highest BCUT2D eigenvalue weighted by Crippen LogP contribution is 2.17. The summed E-state index contributed by atoms with van der Waals surface area (Å²) >= 11 is 0. The van der Waals surface area contributed by atoms with E-state index in [4.69, 9.17) is 15.3 Å². The highest BCUT2D eigenvalue weighted by atomic mass is 16.5. The lowest BCUT2D eigenvalue weighted by molar-refractivity contribution is 0.122. The maximum absolute atomic E-state index is 5.46. The van der Waals surface area contributed by atoms with Gasteiger partial charge in [0.15, 0.2) is 0 Å². The first-order valence-electron chi connectivity index (χ1n) is 6.93. The molecule has 1 fully saturated rings. The number of morpholine rings is 1. The van der Waals surface area contributed by atoms with Crippen LogP contribution in [-0.4, -0.2) is 68.1 Å². The van der Waals surface area contributed by atoms with Crippen LogP contribution >= 0.6 is 0 Å². The third-order valence-electron chi connectivity index (χ3n) is 3.42. The summed E-state index contributed by atoms with van der Waals surface area (Å²) in [5, 5.41) is 0. The van der Waals surface area contributed by atoms with Crippen LogP contribution in [0.4, 0.5) is 17.8 Å². The van der Waals surface area contributed by atoms with Crippen molar-refractivity contribution in [1.82, 2.24) is 15.0 Å². The van der Waals surface area contributed by atoms with Crippen LogP contribution in [0.1, 0.15) is 6.92 Å². The lowest BCUT2D eigenvalue weighted by Crippen LogP contribution is -2.39. The first-order valence-corrected chi connectivity index (χ1v) is 6.93. The summed E-state index contributed by atoms with van der Waals surface area (Å²) in [6.07, 6.45) is 0. The van der Waals surface area contributed by atoms with Gasteiger partial charge in [0, 0.05) is 27.2 Å². The zero-order valence-electron chi connectivity index (χ0n) is 12.7. The lowest BCUT2D eigenvalue weighted by atomic mass is 10.3. The Morgan fingerprint density at radius 2 is 2.10 bits per heavy atom. The first kappa shape index (κ1) is 15.7. The minimum absolute atomic E-state index is 0.139. The largest absolute Gasteiger partial charge is 0.383 e. The van der Waals surface area contributed by atoms with Crippen molar-refractivity contribution in [2.24, 2.45) is 5.84 Å². The van der Waals surface area contributed by atoms with Gasteiger partial charge in [-0.05, 0) is 6.92 Å². The minimum Gasteiger partial charge on any atom is -0.383 e. The number of anilines is 3. The molecule has 9 heteroatoms. The summed E-state index contributed by atoms with van der Waals surface area (Å²) in [4.78, 5) is 17.2. The molecule has 0 bridgehead atoms. The van der Waals surface area contributed by atoms with E-state index >= 15 is 0 Å². The molecule has 3 N–H and O–H groups in total. The molecule has 0 saturated carbocycles. The van der Waals surface area contributed by atoms with Crippen molar-refractivity contribution in [2.45, 2.75) is 13.0 Å². The standard InChI is InChI=1S/C12H23N7O2/c1-9(8-20-3)18(2)11-14-10(17-13)15-12(16-11)19-4-6-21-7-5-19/h9H,4-8,13H2,1-3H3,(H,14,15,16,17). The summed E-state index contributed by atoms with van der Waals surface area (Å²) in [7, 11) is 3.59. The number of hydrogen-bond acceptors (Lipinski definition) is 9. The second kappa shape index (κ2) is 7.34. The van der Waals surface area contributed by atoms with E-state index < -0.39 is 0 Å². The van der Waals surface area contributed by atoms with Crippen LogP contribution in [0.3, 0.4) is 0 Å². The molecular weight excluding hydrogens is 274 g/mol. The van der Waals surface area contributed by atoms with E-state index in [2.05, 4.69) is 25.3 Å². The number of methoxy groups -OCH3 is 1. The predicted octanol–water partition coefficient (Wildman–Crippen LogP) is -0.535. The number of nitrogens with two attached hydrogens (primary N) is 1. The van der Waals surface area contributed by atoms with E-state index in [9.17, 15) is 0 Å². The zero-order valence-corrected chi connectivity index (χ0v) is 12.7. The number of rotatable bonds is 6. The van der Waals surface area contributed by atoms with E-state index in [1.165, 1.54) is 0 Å². The smallest absolute Gasteiger partial charge is 0.243 e. The molecule has 1 aromatic rings. The summed E-state index contributed by atoms with van der Waals surface area (Å²) < 4.78 is 10.5. The van der Waals surface area contributed by atoms with Crippen LogP contribution < -0.4 is 21.1 Å². The van der Waals surface area contributed by atoms with E-state index in [1.807, 2.05) is 18.9 Å². The van der Waals surface area contributed by atoms with Gasteiger partial charge < -0.3 is 19.3 Å². The molecule has 1 saturated heterocycles. The van der Waals surface area contributed by atoms with Gasteiger partial charge in [0.25, 0.3) is 0 Å². The molecule has 1 aliphatic rings. The van der Waals surface area contributed by atoms with Crippen LogP contribution in [0, 0.1) is 0 Å². The highest BCUT2D eigenvalue weighted by molar-refractivity contribution is 5.45. The summed E-state index contributed by atoms with van der Waals surface area (Å²) in [5.41, 5.74) is 2.49. The molecule has 0 spiro atoms. The molecule has 21 heavy (non-hydrogen) atoms. The third-order valence-corrected chi connectivity index (χ3v) is 3.42. The van der Waals surface area contributed by atoms with Gasteiger partial charge in [-0.1, -0.05) is 0 Å². The summed E-state index contributed by atoms with van der Waals surface area (Å²) in [6, 6.07) is 0.139. The van der Waals surface area contributed by atoms with Crippen molar-refractivity contribution in [2.75, 3.05) is 62.3 Å². The molecule has 0 amide bonds. The molecule has 9 nitrogen and oxygen atoms in total. The van der Waals surface area contributed by atoms with Crippen molar-refractivity contribution in [1.29, 1.82) is 0 Å². The zero-order chi connectivity index (χ0) is 15.2. The van der Waals surface area contributed by atoms with Gasteiger partial charge in [0.2, 0.25) is 17.8 Å². The normalized spacial score (nSPS) is 16.7.